The fraction of sp³-hybridized carbons (Fsp3) is 0.138. The van der Waals surface area contributed by atoms with Crippen LogP contribution in [0.3, 0.4) is 0 Å². The predicted octanol–water partition coefficient (Wildman–Crippen LogP) is 3.76. The summed E-state index contributed by atoms with van der Waals surface area (Å²) in [6.45, 7) is 0.779. The molecule has 39 heavy (non-hydrogen) atoms. The number of rotatable bonds is 9. The van der Waals surface area contributed by atoms with Crippen LogP contribution in [-0.4, -0.2) is 46.9 Å². The van der Waals surface area contributed by atoms with Gasteiger partial charge in [0.05, 0.1) is 14.2 Å². The summed E-state index contributed by atoms with van der Waals surface area (Å²) in [5.74, 6) is -2.96. The number of nitrogens with zero attached hydrogens (tertiary/aromatic N) is 4. The van der Waals surface area contributed by atoms with Gasteiger partial charge in [-0.1, -0.05) is 66.7 Å². The number of ether oxygens (including phenoxy) is 2. The highest BCUT2D eigenvalue weighted by molar-refractivity contribution is 6.14. The molecule has 0 atom stereocenters. The molecule has 0 saturated heterocycles. The fourth-order valence-corrected chi connectivity index (χ4v) is 3.87. The Bertz CT molecular complexity index is 1560. The molecular weight excluding hydrogens is 500 g/mol. The minimum atomic E-state index is -1.16. The van der Waals surface area contributed by atoms with Crippen molar-refractivity contribution in [3.8, 4) is 0 Å². The molecule has 1 N–H and O–H groups in total. The van der Waals surface area contributed by atoms with Gasteiger partial charge in [-0.25, -0.2) is 19.6 Å². The molecule has 2 aromatic heterocycles. The van der Waals surface area contributed by atoms with Crippen LogP contribution in [0, 0.1) is 0 Å². The smallest absolute Gasteiger partial charge is 0.374 e. The Morgan fingerprint density at radius 2 is 1.46 bits per heavy atom. The van der Waals surface area contributed by atoms with E-state index in [1.54, 1.807) is 24.4 Å². The van der Waals surface area contributed by atoms with Gasteiger partial charge in [0.1, 0.15) is 11.2 Å². The third-order valence-electron chi connectivity index (χ3n) is 5.79. The Balaban J connectivity index is 1.92. The molecule has 2 aromatic carbocycles. The first-order valence-corrected chi connectivity index (χ1v) is 11.9. The van der Waals surface area contributed by atoms with Gasteiger partial charge in [0, 0.05) is 25.5 Å². The van der Waals surface area contributed by atoms with Gasteiger partial charge in [0.2, 0.25) is 5.76 Å². The van der Waals surface area contributed by atoms with Crippen molar-refractivity contribution in [3.05, 3.63) is 118 Å². The normalized spacial score (nSPS) is 11.7. The Morgan fingerprint density at radius 3 is 2.03 bits per heavy atom. The standard InChI is InChI=1S/C29H26N4O6/c1-38-28(36)22(25(34)29(37)39-2)17-30-24-26(31-23-15-9-10-16-33(23)27(24)35)32(18-20-11-5-3-6-12-20)19-21-13-7-4-8-14-21/h3-17,34H,18-19H2,1-2H3/b25-22+,30-17?. The predicted molar refractivity (Wildman–Crippen MR) is 146 cm³/mol. The van der Waals surface area contributed by atoms with Gasteiger partial charge in [-0.2, -0.15) is 0 Å². The number of carbonyl (C=O) groups is 2. The summed E-state index contributed by atoms with van der Waals surface area (Å²) < 4.78 is 10.5. The molecule has 0 unspecified atom stereocenters. The van der Waals surface area contributed by atoms with E-state index in [0.717, 1.165) is 31.6 Å². The third kappa shape index (κ3) is 6.19. The SMILES string of the molecule is COC(=O)/C(O)=C(/C=Nc1c(N(Cc2ccccc2)Cc2ccccc2)nc2ccccn2c1=O)C(=O)OC. The molecule has 0 radical (unpaired) electrons. The second kappa shape index (κ2) is 12.3. The lowest BCUT2D eigenvalue weighted by atomic mass is 10.1. The number of hydrogen-bond acceptors (Lipinski definition) is 9. The Labute approximate surface area is 224 Å². The lowest BCUT2D eigenvalue weighted by Crippen LogP contribution is -2.27. The summed E-state index contributed by atoms with van der Waals surface area (Å²) in [5, 5.41) is 10.3. The maximum Gasteiger partial charge on any atom is 0.374 e. The molecule has 2 heterocycles. The summed E-state index contributed by atoms with van der Waals surface area (Å²) in [6.07, 6.45) is 2.45. The second-order valence-electron chi connectivity index (χ2n) is 8.35. The van der Waals surface area contributed by atoms with Crippen molar-refractivity contribution in [2.24, 2.45) is 4.99 Å². The molecule has 0 bridgehead atoms. The van der Waals surface area contributed by atoms with Gasteiger partial charge in [-0.05, 0) is 23.3 Å². The molecule has 4 rings (SSSR count). The fourth-order valence-electron chi connectivity index (χ4n) is 3.87. The van der Waals surface area contributed by atoms with Crippen LogP contribution in [0.2, 0.25) is 0 Å². The molecule has 0 aliphatic rings. The van der Waals surface area contributed by atoms with Crippen LogP contribution in [0.5, 0.6) is 0 Å². The highest BCUT2D eigenvalue weighted by atomic mass is 16.5. The highest BCUT2D eigenvalue weighted by Gasteiger charge is 2.23. The number of esters is 2. The monoisotopic (exact) mass is 526 g/mol. The van der Waals surface area contributed by atoms with Crippen LogP contribution in [-0.2, 0) is 32.2 Å². The molecule has 0 amide bonds. The maximum absolute atomic E-state index is 13.7. The van der Waals surface area contributed by atoms with Crippen LogP contribution in [0.4, 0.5) is 11.5 Å². The van der Waals surface area contributed by atoms with E-state index in [-0.39, 0.29) is 11.5 Å². The molecule has 0 aliphatic carbocycles. The van der Waals surface area contributed by atoms with Crippen molar-refractivity contribution in [2.45, 2.75) is 13.1 Å². The van der Waals surface area contributed by atoms with E-state index >= 15 is 0 Å². The average Bonchev–Trinajstić information content (AvgIpc) is 2.98. The van der Waals surface area contributed by atoms with Gasteiger partial charge in [0.25, 0.3) is 5.56 Å². The summed E-state index contributed by atoms with van der Waals surface area (Å²) in [6, 6.07) is 24.5. The molecule has 4 aromatic rings. The summed E-state index contributed by atoms with van der Waals surface area (Å²) >= 11 is 0. The lowest BCUT2D eigenvalue weighted by Gasteiger charge is -2.25. The minimum absolute atomic E-state index is 0.107. The molecule has 0 aliphatic heterocycles. The summed E-state index contributed by atoms with van der Waals surface area (Å²) in [5.41, 5.74) is 1.13. The quantitative estimate of drug-likeness (QED) is 0.151. The molecule has 198 valence electrons. The number of aromatic nitrogens is 2. The summed E-state index contributed by atoms with van der Waals surface area (Å²) in [7, 11) is 2.13. The van der Waals surface area contributed by atoms with Gasteiger partial charge < -0.3 is 19.5 Å². The Hall–Kier alpha value is -5.25. The number of fused-ring (bicyclic) bond motifs is 1. The topological polar surface area (TPSA) is 123 Å². The summed E-state index contributed by atoms with van der Waals surface area (Å²) in [4.78, 5) is 48.9. The maximum atomic E-state index is 13.7. The molecule has 0 spiro atoms. The number of aliphatic hydroxyl groups excluding tert-OH is 1. The van der Waals surface area contributed by atoms with E-state index in [9.17, 15) is 19.5 Å². The van der Waals surface area contributed by atoms with Crippen molar-refractivity contribution < 1.29 is 24.2 Å². The average molecular weight is 527 g/mol. The number of aliphatic imine (C=N–C) groups is 1. The van der Waals surface area contributed by atoms with Gasteiger partial charge in [-0.3, -0.25) is 9.20 Å². The lowest BCUT2D eigenvalue weighted by molar-refractivity contribution is -0.141. The zero-order valence-electron chi connectivity index (χ0n) is 21.4. The number of anilines is 1. The van der Waals surface area contributed by atoms with Crippen molar-refractivity contribution in [1.82, 2.24) is 9.38 Å². The van der Waals surface area contributed by atoms with Crippen molar-refractivity contribution >= 4 is 35.3 Å². The van der Waals surface area contributed by atoms with E-state index < -0.39 is 28.8 Å². The number of aliphatic hydroxyl groups is 1. The van der Waals surface area contributed by atoms with Gasteiger partial charge in [0.15, 0.2) is 11.5 Å². The Morgan fingerprint density at radius 1 is 0.897 bits per heavy atom. The molecule has 10 nitrogen and oxygen atoms in total. The van der Waals surface area contributed by atoms with Crippen LogP contribution < -0.4 is 10.5 Å². The van der Waals surface area contributed by atoms with E-state index in [1.165, 1.54) is 4.40 Å². The van der Waals surface area contributed by atoms with Crippen molar-refractivity contribution in [1.29, 1.82) is 0 Å². The molecular formula is C29H26N4O6. The van der Waals surface area contributed by atoms with Crippen molar-refractivity contribution in [3.63, 3.8) is 0 Å². The zero-order valence-corrected chi connectivity index (χ0v) is 21.4. The zero-order chi connectivity index (χ0) is 27.8. The van der Waals surface area contributed by atoms with Gasteiger partial charge in [-0.15, -0.1) is 0 Å². The largest absolute Gasteiger partial charge is 0.501 e. The number of pyridine rings is 1. The molecule has 0 saturated carbocycles. The van der Waals surface area contributed by atoms with Gasteiger partial charge >= 0.3 is 11.9 Å². The number of hydrogen-bond donors (Lipinski definition) is 1. The Kier molecular flexibility index (Phi) is 8.47. The van der Waals surface area contributed by atoms with Crippen LogP contribution in [0.1, 0.15) is 11.1 Å². The third-order valence-corrected chi connectivity index (χ3v) is 5.79. The second-order valence-corrected chi connectivity index (χ2v) is 8.35. The first kappa shape index (κ1) is 26.8. The highest BCUT2D eigenvalue weighted by Crippen LogP contribution is 2.27. The van der Waals surface area contributed by atoms with Crippen LogP contribution >= 0.6 is 0 Å². The van der Waals surface area contributed by atoms with Crippen LogP contribution in [0.15, 0.2) is 106 Å². The number of methoxy groups -OCH3 is 2. The number of benzene rings is 2. The molecule has 0 fully saturated rings. The molecule has 10 heteroatoms. The first-order valence-electron chi connectivity index (χ1n) is 11.9. The van der Waals surface area contributed by atoms with Crippen molar-refractivity contribution in [2.75, 3.05) is 19.1 Å². The number of carbonyl (C=O) groups excluding carboxylic acids is 2. The van der Waals surface area contributed by atoms with E-state index in [4.69, 9.17) is 4.98 Å². The van der Waals surface area contributed by atoms with E-state index in [0.29, 0.717) is 18.7 Å². The van der Waals surface area contributed by atoms with E-state index in [1.807, 2.05) is 65.6 Å². The van der Waals surface area contributed by atoms with E-state index in [2.05, 4.69) is 14.5 Å². The first-order chi connectivity index (χ1) is 18.9. The van der Waals surface area contributed by atoms with Crippen LogP contribution in [0.25, 0.3) is 5.65 Å². The minimum Gasteiger partial charge on any atom is -0.501 e.